The maximum Gasteiger partial charge on any atom is 0.388 e. The summed E-state index contributed by atoms with van der Waals surface area (Å²) in [6.07, 6.45) is 0. The molecule has 21 heavy (non-hydrogen) atoms. The van der Waals surface area contributed by atoms with Crippen LogP contribution < -0.4 is 10.1 Å². The number of nitrogens with zero attached hydrogens (tertiary/aromatic N) is 2. The van der Waals surface area contributed by atoms with Gasteiger partial charge < -0.3 is 14.6 Å². The lowest BCUT2D eigenvalue weighted by Crippen LogP contribution is -2.14. The van der Waals surface area contributed by atoms with E-state index in [0.29, 0.717) is 5.76 Å². The van der Waals surface area contributed by atoms with Gasteiger partial charge in [-0.1, -0.05) is 25.1 Å². The van der Waals surface area contributed by atoms with E-state index in [0.717, 1.165) is 0 Å². The number of aromatic nitrogens is 2. The van der Waals surface area contributed by atoms with Gasteiger partial charge in [-0.25, -0.2) is 4.98 Å². The zero-order valence-corrected chi connectivity index (χ0v) is 11.3. The highest BCUT2D eigenvalue weighted by molar-refractivity contribution is 6.02. The number of hydrogen-bond acceptors (Lipinski definition) is 5. The number of pyridine rings is 1. The summed E-state index contributed by atoms with van der Waals surface area (Å²) in [4.78, 5) is 15.6. The van der Waals surface area contributed by atoms with E-state index in [1.807, 2.05) is 13.8 Å². The Labute approximate surface area is 119 Å². The molecule has 0 saturated heterocycles. The van der Waals surface area contributed by atoms with Gasteiger partial charge in [0.2, 0.25) is 5.88 Å². The molecular weight excluding hydrogens is 284 g/mol. The molecule has 0 aliphatic carbocycles. The summed E-state index contributed by atoms with van der Waals surface area (Å²) < 4.78 is 33.3. The average molecular weight is 297 g/mol. The second-order valence-corrected chi connectivity index (χ2v) is 4.46. The quantitative estimate of drug-likeness (QED) is 0.917. The normalized spacial score (nSPS) is 11.0. The third kappa shape index (κ3) is 3.98. The smallest absolute Gasteiger partial charge is 0.388 e. The van der Waals surface area contributed by atoms with Crippen molar-refractivity contribution in [1.82, 2.24) is 10.1 Å². The minimum atomic E-state index is -3.00. The Balaban J connectivity index is 2.08. The molecule has 0 aliphatic rings. The Kier molecular flexibility index (Phi) is 4.46. The van der Waals surface area contributed by atoms with Crippen LogP contribution in [0.4, 0.5) is 14.6 Å². The van der Waals surface area contributed by atoms with Gasteiger partial charge in [-0.05, 0) is 6.07 Å². The number of carbonyl (C=O) groups is 1. The van der Waals surface area contributed by atoms with Gasteiger partial charge in [0.25, 0.3) is 5.91 Å². The van der Waals surface area contributed by atoms with E-state index in [1.165, 1.54) is 18.2 Å². The highest BCUT2D eigenvalue weighted by atomic mass is 19.3. The summed E-state index contributed by atoms with van der Waals surface area (Å²) in [6, 6.07) is 5.58. The molecular formula is C13H13F2N3O3. The molecule has 1 amide bonds. The van der Waals surface area contributed by atoms with Crippen LogP contribution in [0.3, 0.4) is 0 Å². The van der Waals surface area contributed by atoms with Crippen LogP contribution in [0.1, 0.15) is 36.0 Å². The van der Waals surface area contributed by atoms with Crippen molar-refractivity contribution in [2.45, 2.75) is 26.4 Å². The molecule has 2 heterocycles. The van der Waals surface area contributed by atoms with Crippen molar-refractivity contribution in [3.05, 3.63) is 35.7 Å². The SMILES string of the molecule is CC(C)c1cc(NC(=O)c2cccc(OC(F)F)n2)no1. The Hall–Kier alpha value is -2.51. The van der Waals surface area contributed by atoms with Gasteiger partial charge in [0.15, 0.2) is 5.82 Å². The van der Waals surface area contributed by atoms with E-state index in [1.54, 1.807) is 6.07 Å². The lowest BCUT2D eigenvalue weighted by Gasteiger charge is -2.05. The molecule has 112 valence electrons. The maximum atomic E-state index is 12.1. The van der Waals surface area contributed by atoms with Crippen LogP contribution in [0, 0.1) is 0 Å². The second kappa shape index (κ2) is 6.29. The van der Waals surface area contributed by atoms with Gasteiger partial charge in [-0.3, -0.25) is 4.79 Å². The predicted octanol–water partition coefficient (Wildman–Crippen LogP) is 3.05. The molecule has 0 unspecified atom stereocenters. The average Bonchev–Trinajstić information content (AvgIpc) is 2.87. The van der Waals surface area contributed by atoms with Gasteiger partial charge in [-0.2, -0.15) is 8.78 Å². The molecule has 2 aromatic rings. The Morgan fingerprint density at radius 2 is 2.14 bits per heavy atom. The molecule has 8 heteroatoms. The lowest BCUT2D eigenvalue weighted by atomic mass is 10.2. The molecule has 2 rings (SSSR count). The summed E-state index contributed by atoms with van der Waals surface area (Å²) in [5.74, 6) is 0.0433. The van der Waals surface area contributed by atoms with Crippen molar-refractivity contribution in [2.75, 3.05) is 5.32 Å². The Bertz CT molecular complexity index is 629. The zero-order valence-electron chi connectivity index (χ0n) is 11.3. The number of rotatable bonds is 5. The van der Waals surface area contributed by atoms with Crippen molar-refractivity contribution in [2.24, 2.45) is 0 Å². The van der Waals surface area contributed by atoms with E-state index in [2.05, 4.69) is 20.2 Å². The van der Waals surface area contributed by atoms with Gasteiger partial charge in [-0.15, -0.1) is 0 Å². The summed E-state index contributed by atoms with van der Waals surface area (Å²) in [6.45, 7) is 0.831. The van der Waals surface area contributed by atoms with Gasteiger partial charge in [0.1, 0.15) is 11.5 Å². The fraction of sp³-hybridized carbons (Fsp3) is 0.308. The molecule has 0 bridgehead atoms. The number of alkyl halides is 2. The Morgan fingerprint density at radius 3 is 2.76 bits per heavy atom. The van der Waals surface area contributed by atoms with E-state index in [9.17, 15) is 13.6 Å². The largest absolute Gasteiger partial charge is 0.417 e. The highest BCUT2D eigenvalue weighted by Gasteiger charge is 2.14. The minimum absolute atomic E-state index is 0.0674. The fourth-order valence-electron chi connectivity index (χ4n) is 1.50. The van der Waals surface area contributed by atoms with Crippen molar-refractivity contribution >= 4 is 11.7 Å². The summed E-state index contributed by atoms with van der Waals surface area (Å²) in [7, 11) is 0. The van der Waals surface area contributed by atoms with Crippen LogP contribution >= 0.6 is 0 Å². The number of nitrogens with one attached hydrogen (secondary N) is 1. The van der Waals surface area contributed by atoms with Crippen LogP contribution in [-0.2, 0) is 0 Å². The van der Waals surface area contributed by atoms with E-state index < -0.39 is 12.5 Å². The van der Waals surface area contributed by atoms with Crippen LogP contribution in [0.25, 0.3) is 0 Å². The third-order valence-corrected chi connectivity index (χ3v) is 2.51. The molecule has 0 saturated carbocycles. The number of hydrogen-bond donors (Lipinski definition) is 1. The first-order valence-corrected chi connectivity index (χ1v) is 6.15. The van der Waals surface area contributed by atoms with E-state index >= 15 is 0 Å². The standard InChI is InChI=1S/C13H13F2N3O3/c1-7(2)9-6-10(18-21-9)17-12(19)8-4-3-5-11(16-8)20-13(14)15/h3-7,13H,1-2H3,(H,17,18,19). The second-order valence-electron chi connectivity index (χ2n) is 4.46. The van der Waals surface area contributed by atoms with Crippen LogP contribution in [-0.4, -0.2) is 22.7 Å². The van der Waals surface area contributed by atoms with Crippen molar-refractivity contribution in [1.29, 1.82) is 0 Å². The summed E-state index contributed by atoms with van der Waals surface area (Å²) >= 11 is 0. The first-order chi connectivity index (χ1) is 9.95. The number of ether oxygens (including phenoxy) is 1. The zero-order chi connectivity index (χ0) is 15.4. The van der Waals surface area contributed by atoms with Crippen LogP contribution in [0.15, 0.2) is 28.8 Å². The molecule has 2 aromatic heterocycles. The Morgan fingerprint density at radius 1 is 1.38 bits per heavy atom. The molecule has 0 aliphatic heterocycles. The predicted molar refractivity (Wildman–Crippen MR) is 69.4 cm³/mol. The summed E-state index contributed by atoms with van der Waals surface area (Å²) in [5.41, 5.74) is -0.0674. The molecule has 0 aromatic carbocycles. The van der Waals surface area contributed by atoms with Crippen molar-refractivity contribution in [3.63, 3.8) is 0 Å². The number of halogens is 2. The van der Waals surface area contributed by atoms with Gasteiger partial charge in [0.05, 0.1) is 0 Å². The summed E-state index contributed by atoms with van der Waals surface area (Å²) in [5, 5.41) is 6.15. The first kappa shape index (κ1) is 14.9. The topological polar surface area (TPSA) is 77.2 Å². The maximum absolute atomic E-state index is 12.1. The number of anilines is 1. The first-order valence-electron chi connectivity index (χ1n) is 6.15. The van der Waals surface area contributed by atoms with Crippen LogP contribution in [0.2, 0.25) is 0 Å². The monoisotopic (exact) mass is 297 g/mol. The van der Waals surface area contributed by atoms with Crippen LogP contribution in [0.5, 0.6) is 5.88 Å². The highest BCUT2D eigenvalue weighted by Crippen LogP contribution is 2.18. The van der Waals surface area contributed by atoms with Crippen molar-refractivity contribution in [3.8, 4) is 5.88 Å². The molecule has 0 spiro atoms. The van der Waals surface area contributed by atoms with E-state index in [-0.39, 0.29) is 23.3 Å². The number of amides is 1. The third-order valence-electron chi connectivity index (χ3n) is 2.51. The van der Waals surface area contributed by atoms with Gasteiger partial charge in [0, 0.05) is 18.1 Å². The number of carbonyl (C=O) groups excluding carboxylic acids is 1. The fourth-order valence-corrected chi connectivity index (χ4v) is 1.50. The van der Waals surface area contributed by atoms with Crippen molar-refractivity contribution < 1.29 is 22.8 Å². The molecule has 0 fully saturated rings. The van der Waals surface area contributed by atoms with E-state index in [4.69, 9.17) is 4.52 Å². The lowest BCUT2D eigenvalue weighted by molar-refractivity contribution is -0.0529. The molecule has 0 radical (unpaired) electrons. The molecule has 6 nitrogen and oxygen atoms in total. The molecule has 1 N–H and O–H groups in total. The molecule has 0 atom stereocenters. The van der Waals surface area contributed by atoms with Gasteiger partial charge >= 0.3 is 6.61 Å². The minimum Gasteiger partial charge on any atom is -0.417 e.